The zero-order chi connectivity index (χ0) is 6.97. The van der Waals surface area contributed by atoms with Crippen molar-refractivity contribution in [2.45, 2.75) is 16.2 Å². The van der Waals surface area contributed by atoms with E-state index in [1.165, 1.54) is 22.6 Å². The maximum absolute atomic E-state index is 4.37. The lowest BCUT2D eigenvalue weighted by molar-refractivity contribution is 1.10. The number of hydrogen-bond donors (Lipinski definition) is 1. The van der Waals surface area contributed by atoms with Gasteiger partial charge in [-0.3, -0.25) is 0 Å². The van der Waals surface area contributed by atoms with Gasteiger partial charge in [-0.25, -0.2) is 0 Å². The first kappa shape index (κ1) is 6.62. The fraction of sp³-hybridized carbons (Fsp3) is 0.250. The molecule has 0 aromatic heterocycles. The summed E-state index contributed by atoms with van der Waals surface area (Å²) in [5.74, 6) is 1.23. The first-order valence-electron chi connectivity index (χ1n) is 3.31. The molecule has 1 aromatic rings. The van der Waals surface area contributed by atoms with E-state index in [1.54, 1.807) is 0 Å². The van der Waals surface area contributed by atoms with Crippen LogP contribution < -0.4 is 0 Å². The molecule has 0 spiro atoms. The third-order valence-corrected chi connectivity index (χ3v) is 3.40. The fourth-order valence-electron chi connectivity index (χ4n) is 1.20. The Bertz CT molecular complexity index is 255. The lowest BCUT2D eigenvalue weighted by Crippen LogP contribution is -1.78. The smallest absolute Gasteiger partial charge is 0.0238 e. The molecule has 0 saturated heterocycles. The number of fused-ring (bicyclic) bond motifs is 1. The summed E-state index contributed by atoms with van der Waals surface area (Å²) in [4.78, 5) is 2.53. The average Bonchev–Trinajstić information content (AvgIpc) is 2.36. The molecule has 52 valence electrons. The van der Waals surface area contributed by atoms with E-state index in [1.807, 2.05) is 11.8 Å². The maximum Gasteiger partial charge on any atom is 0.0238 e. The molecular weight excluding hydrogens is 160 g/mol. The standard InChI is InChI=1S/C8H8S2/c9-7-3-1-2-6-4-5-10-8(6)7/h1-3,9H,4-5H2. The van der Waals surface area contributed by atoms with Crippen LogP contribution in [0.25, 0.3) is 0 Å². The number of rotatable bonds is 0. The predicted molar refractivity (Wildman–Crippen MR) is 48.1 cm³/mol. The summed E-state index contributed by atoms with van der Waals surface area (Å²) in [5.41, 5.74) is 1.47. The van der Waals surface area contributed by atoms with Crippen LogP contribution in [-0.4, -0.2) is 5.75 Å². The normalized spacial score (nSPS) is 15.3. The Hall–Kier alpha value is -0.0800. The van der Waals surface area contributed by atoms with Gasteiger partial charge in [-0.1, -0.05) is 12.1 Å². The number of hydrogen-bond acceptors (Lipinski definition) is 2. The molecule has 0 radical (unpaired) electrons. The van der Waals surface area contributed by atoms with Gasteiger partial charge >= 0.3 is 0 Å². The first-order valence-corrected chi connectivity index (χ1v) is 4.75. The molecule has 0 unspecified atom stereocenters. The van der Waals surface area contributed by atoms with Crippen LogP contribution in [-0.2, 0) is 6.42 Å². The van der Waals surface area contributed by atoms with Gasteiger partial charge in [0, 0.05) is 15.5 Å². The van der Waals surface area contributed by atoms with Gasteiger partial charge in [-0.2, -0.15) is 0 Å². The lowest BCUT2D eigenvalue weighted by Gasteiger charge is -1.98. The van der Waals surface area contributed by atoms with Crippen molar-refractivity contribution in [3.8, 4) is 0 Å². The summed E-state index contributed by atoms with van der Waals surface area (Å²) in [6.07, 6.45) is 1.22. The highest BCUT2D eigenvalue weighted by Gasteiger charge is 2.12. The molecule has 1 aliphatic rings. The van der Waals surface area contributed by atoms with Gasteiger partial charge in [0.05, 0.1) is 0 Å². The molecule has 0 N–H and O–H groups in total. The maximum atomic E-state index is 4.37. The van der Waals surface area contributed by atoms with Crippen molar-refractivity contribution in [3.05, 3.63) is 23.8 Å². The van der Waals surface area contributed by atoms with Crippen LogP contribution in [0.1, 0.15) is 5.56 Å². The molecule has 0 nitrogen and oxygen atoms in total. The Kier molecular flexibility index (Phi) is 1.66. The van der Waals surface area contributed by atoms with E-state index in [4.69, 9.17) is 0 Å². The molecule has 0 saturated carbocycles. The van der Waals surface area contributed by atoms with Gasteiger partial charge in [-0.05, 0) is 18.1 Å². The molecule has 10 heavy (non-hydrogen) atoms. The van der Waals surface area contributed by atoms with Crippen molar-refractivity contribution in [1.29, 1.82) is 0 Å². The molecule has 1 aliphatic heterocycles. The summed E-state index contributed by atoms with van der Waals surface area (Å²) in [7, 11) is 0. The van der Waals surface area contributed by atoms with Gasteiger partial charge in [0.15, 0.2) is 0 Å². The second-order valence-corrected chi connectivity index (χ2v) is 3.95. The molecule has 0 fully saturated rings. The quantitative estimate of drug-likeness (QED) is 0.581. The lowest BCUT2D eigenvalue weighted by atomic mass is 10.2. The third kappa shape index (κ3) is 0.956. The molecule has 0 amide bonds. The molecule has 0 atom stereocenters. The molecule has 1 aromatic carbocycles. The summed E-state index contributed by atoms with van der Waals surface area (Å²) in [6, 6.07) is 6.32. The minimum atomic E-state index is 1.14. The summed E-state index contributed by atoms with van der Waals surface area (Å²) in [6.45, 7) is 0. The van der Waals surface area contributed by atoms with Crippen LogP contribution in [0.2, 0.25) is 0 Å². The second kappa shape index (κ2) is 2.51. The van der Waals surface area contributed by atoms with Crippen molar-refractivity contribution < 1.29 is 0 Å². The molecular formula is C8H8S2. The van der Waals surface area contributed by atoms with Crippen LogP contribution in [0.4, 0.5) is 0 Å². The van der Waals surface area contributed by atoms with E-state index in [-0.39, 0.29) is 0 Å². The zero-order valence-corrected chi connectivity index (χ0v) is 7.21. The van der Waals surface area contributed by atoms with E-state index in [2.05, 4.69) is 30.8 Å². The zero-order valence-electron chi connectivity index (χ0n) is 5.50. The van der Waals surface area contributed by atoms with Crippen molar-refractivity contribution in [2.24, 2.45) is 0 Å². The van der Waals surface area contributed by atoms with Crippen LogP contribution in [0.15, 0.2) is 28.0 Å². The fourth-order valence-corrected chi connectivity index (χ4v) is 2.72. The molecule has 2 heteroatoms. The molecule has 0 bridgehead atoms. The highest BCUT2D eigenvalue weighted by Crippen LogP contribution is 2.35. The van der Waals surface area contributed by atoms with Crippen LogP contribution >= 0.6 is 24.4 Å². The Morgan fingerprint density at radius 3 is 3.10 bits per heavy atom. The van der Waals surface area contributed by atoms with Crippen LogP contribution in [0.5, 0.6) is 0 Å². The van der Waals surface area contributed by atoms with E-state index < -0.39 is 0 Å². The van der Waals surface area contributed by atoms with Gasteiger partial charge in [0.25, 0.3) is 0 Å². The predicted octanol–water partition coefficient (Wildman–Crippen LogP) is 2.62. The summed E-state index contributed by atoms with van der Waals surface area (Å²) in [5, 5.41) is 0. The summed E-state index contributed by atoms with van der Waals surface area (Å²) < 4.78 is 0. The minimum absolute atomic E-state index is 1.14. The monoisotopic (exact) mass is 168 g/mol. The number of thiol groups is 1. The highest BCUT2D eigenvalue weighted by atomic mass is 32.2. The first-order chi connectivity index (χ1) is 4.88. The SMILES string of the molecule is Sc1cccc2c1SCC2. The Morgan fingerprint density at radius 2 is 2.30 bits per heavy atom. The van der Waals surface area contributed by atoms with Crippen molar-refractivity contribution in [3.63, 3.8) is 0 Å². The number of benzene rings is 1. The van der Waals surface area contributed by atoms with Gasteiger partial charge in [0.2, 0.25) is 0 Å². The second-order valence-electron chi connectivity index (χ2n) is 2.36. The van der Waals surface area contributed by atoms with Crippen molar-refractivity contribution >= 4 is 24.4 Å². The van der Waals surface area contributed by atoms with Crippen LogP contribution in [0.3, 0.4) is 0 Å². The number of thioether (sulfide) groups is 1. The molecule has 1 heterocycles. The third-order valence-electron chi connectivity index (χ3n) is 1.69. The minimum Gasteiger partial charge on any atom is -0.142 e. The van der Waals surface area contributed by atoms with Crippen LogP contribution in [0, 0.1) is 0 Å². The van der Waals surface area contributed by atoms with Crippen molar-refractivity contribution in [1.82, 2.24) is 0 Å². The Morgan fingerprint density at radius 1 is 1.40 bits per heavy atom. The van der Waals surface area contributed by atoms with E-state index in [0.717, 1.165) is 4.90 Å². The van der Waals surface area contributed by atoms with E-state index in [0.29, 0.717) is 0 Å². The molecule has 2 rings (SSSR count). The topological polar surface area (TPSA) is 0 Å². The Labute approximate surface area is 70.4 Å². The largest absolute Gasteiger partial charge is 0.142 e. The average molecular weight is 168 g/mol. The highest BCUT2D eigenvalue weighted by molar-refractivity contribution is 8.00. The van der Waals surface area contributed by atoms with E-state index >= 15 is 0 Å². The number of aryl methyl sites for hydroxylation is 1. The van der Waals surface area contributed by atoms with Gasteiger partial charge < -0.3 is 0 Å². The van der Waals surface area contributed by atoms with Gasteiger partial charge in [0.1, 0.15) is 0 Å². The van der Waals surface area contributed by atoms with E-state index in [9.17, 15) is 0 Å². The summed E-state index contributed by atoms with van der Waals surface area (Å²) >= 11 is 6.28. The van der Waals surface area contributed by atoms with Gasteiger partial charge in [-0.15, -0.1) is 24.4 Å². The van der Waals surface area contributed by atoms with Crippen molar-refractivity contribution in [2.75, 3.05) is 5.75 Å². The Balaban J connectivity index is 2.59. The molecule has 0 aliphatic carbocycles.